The molecule has 128 valence electrons. The molecular weight excluding hydrogens is 377 g/mol. The summed E-state index contributed by atoms with van der Waals surface area (Å²) in [6.07, 6.45) is 1.75. The van der Waals surface area contributed by atoms with Gasteiger partial charge in [-0.1, -0.05) is 58.0 Å². The SMILES string of the molecule is CC(C)c1cccc(C(C)C)c1N=Cc1ccccc1O.[CH3-].[Pd]. The first-order valence-electron chi connectivity index (χ1n) is 7.45. The number of hydrogen-bond acceptors (Lipinski definition) is 2. The topological polar surface area (TPSA) is 32.6 Å². The molecule has 2 nitrogen and oxygen atoms in total. The third kappa shape index (κ3) is 5.31. The maximum Gasteiger partial charge on any atom is 0.124 e. The van der Waals surface area contributed by atoms with Gasteiger partial charge in [-0.15, -0.1) is 0 Å². The molecule has 2 rings (SSSR count). The van der Waals surface area contributed by atoms with E-state index in [1.54, 1.807) is 12.3 Å². The predicted octanol–water partition coefficient (Wildman–Crippen LogP) is 5.84. The summed E-state index contributed by atoms with van der Waals surface area (Å²) < 4.78 is 0. The van der Waals surface area contributed by atoms with Gasteiger partial charge < -0.3 is 12.5 Å². The van der Waals surface area contributed by atoms with Gasteiger partial charge in [0, 0.05) is 32.2 Å². The smallest absolute Gasteiger partial charge is 0.124 e. The summed E-state index contributed by atoms with van der Waals surface area (Å²) in [5.41, 5.74) is 4.26. The quantitative estimate of drug-likeness (QED) is 0.389. The Kier molecular flexibility index (Phi) is 9.05. The van der Waals surface area contributed by atoms with E-state index in [0.29, 0.717) is 11.8 Å². The normalized spacial score (nSPS) is 10.7. The molecule has 0 saturated heterocycles. The molecule has 23 heavy (non-hydrogen) atoms. The summed E-state index contributed by atoms with van der Waals surface area (Å²) in [4.78, 5) is 4.69. The van der Waals surface area contributed by atoms with Gasteiger partial charge in [0.1, 0.15) is 5.75 Å². The van der Waals surface area contributed by atoms with Crippen molar-refractivity contribution in [2.45, 2.75) is 39.5 Å². The molecule has 0 aliphatic carbocycles. The largest absolute Gasteiger partial charge is 0.507 e. The minimum Gasteiger partial charge on any atom is -0.507 e. The van der Waals surface area contributed by atoms with E-state index in [1.165, 1.54) is 11.1 Å². The molecule has 0 atom stereocenters. The second-order valence-electron chi connectivity index (χ2n) is 5.91. The zero-order valence-electron chi connectivity index (χ0n) is 14.5. The van der Waals surface area contributed by atoms with Crippen molar-refractivity contribution < 1.29 is 25.5 Å². The first-order valence-corrected chi connectivity index (χ1v) is 7.45. The Morgan fingerprint density at radius 1 is 0.870 bits per heavy atom. The Labute approximate surface area is 154 Å². The van der Waals surface area contributed by atoms with Crippen molar-refractivity contribution in [3.63, 3.8) is 0 Å². The maximum atomic E-state index is 9.85. The molecular formula is C20H26NOPd-. The first kappa shape index (κ1) is 21.6. The van der Waals surface area contributed by atoms with Crippen LogP contribution < -0.4 is 0 Å². The van der Waals surface area contributed by atoms with Gasteiger partial charge in [-0.25, -0.2) is 0 Å². The number of rotatable bonds is 4. The molecule has 0 aromatic heterocycles. The fourth-order valence-electron chi connectivity index (χ4n) is 2.39. The Hall–Kier alpha value is -1.43. The molecule has 0 radical (unpaired) electrons. The standard InChI is InChI=1S/C19H23NO.CH3.Pd/c1-13(2)16-9-7-10-17(14(3)4)19(16)20-12-15-8-5-6-11-18(15)21;;/h5-14,21H,1-4H3;1H3;/q;-1;. The molecule has 0 spiro atoms. The molecule has 0 unspecified atom stereocenters. The summed E-state index contributed by atoms with van der Waals surface area (Å²) in [6.45, 7) is 8.72. The third-order valence-corrected chi connectivity index (χ3v) is 3.61. The van der Waals surface area contributed by atoms with Crippen LogP contribution in [0.1, 0.15) is 56.2 Å². The number of aromatic hydroxyl groups is 1. The van der Waals surface area contributed by atoms with Gasteiger partial charge in [-0.05, 0) is 35.1 Å². The molecule has 0 aliphatic rings. The van der Waals surface area contributed by atoms with Crippen LogP contribution in [0.15, 0.2) is 47.5 Å². The molecule has 0 bridgehead atoms. The number of para-hydroxylation sites is 2. The van der Waals surface area contributed by atoms with Crippen molar-refractivity contribution in [3.8, 4) is 5.75 Å². The van der Waals surface area contributed by atoms with Crippen molar-refractivity contribution in [1.29, 1.82) is 0 Å². The van der Waals surface area contributed by atoms with Crippen molar-refractivity contribution in [1.82, 2.24) is 0 Å². The van der Waals surface area contributed by atoms with Crippen molar-refractivity contribution in [2.24, 2.45) is 4.99 Å². The van der Waals surface area contributed by atoms with Crippen molar-refractivity contribution in [3.05, 3.63) is 66.6 Å². The Morgan fingerprint density at radius 3 is 1.87 bits per heavy atom. The van der Waals surface area contributed by atoms with Gasteiger partial charge in [0.2, 0.25) is 0 Å². The Balaban J connectivity index is 0.00000242. The van der Waals surface area contributed by atoms with Crippen LogP contribution in [0.5, 0.6) is 5.75 Å². The predicted molar refractivity (Wildman–Crippen MR) is 96.4 cm³/mol. The fraction of sp³-hybridized carbons (Fsp3) is 0.300. The van der Waals surface area contributed by atoms with Crippen molar-refractivity contribution in [2.75, 3.05) is 0 Å². The minimum absolute atomic E-state index is 0. The molecule has 2 aromatic carbocycles. The fourth-order valence-corrected chi connectivity index (χ4v) is 2.39. The summed E-state index contributed by atoms with van der Waals surface area (Å²) in [6, 6.07) is 13.6. The average molecular weight is 403 g/mol. The number of aliphatic imine (C=N–C) groups is 1. The van der Waals surface area contributed by atoms with E-state index in [9.17, 15) is 5.11 Å². The van der Waals surface area contributed by atoms with Crippen LogP contribution in [-0.2, 0) is 20.4 Å². The number of phenolic OH excluding ortho intramolecular Hbond substituents is 1. The van der Waals surface area contributed by atoms with E-state index in [0.717, 1.165) is 11.3 Å². The molecule has 0 aliphatic heterocycles. The Morgan fingerprint density at radius 2 is 1.39 bits per heavy atom. The van der Waals surface area contributed by atoms with E-state index in [-0.39, 0.29) is 33.6 Å². The molecule has 0 heterocycles. The van der Waals surface area contributed by atoms with Crippen LogP contribution in [-0.4, -0.2) is 11.3 Å². The van der Waals surface area contributed by atoms with Crippen LogP contribution in [0, 0.1) is 7.43 Å². The molecule has 0 saturated carbocycles. The number of phenols is 1. The molecule has 3 heteroatoms. The van der Waals surface area contributed by atoms with Crippen LogP contribution in [0.4, 0.5) is 5.69 Å². The van der Waals surface area contributed by atoms with Gasteiger partial charge >= 0.3 is 0 Å². The summed E-state index contributed by atoms with van der Waals surface area (Å²) in [7, 11) is 0. The van der Waals surface area contributed by atoms with E-state index >= 15 is 0 Å². The first-order chi connectivity index (χ1) is 10.0. The molecule has 2 aromatic rings. The minimum atomic E-state index is 0. The van der Waals surface area contributed by atoms with E-state index in [1.807, 2.05) is 18.2 Å². The van der Waals surface area contributed by atoms with E-state index in [4.69, 9.17) is 4.99 Å². The third-order valence-electron chi connectivity index (χ3n) is 3.61. The van der Waals surface area contributed by atoms with Gasteiger partial charge in [0.25, 0.3) is 0 Å². The van der Waals surface area contributed by atoms with E-state index in [2.05, 4.69) is 45.9 Å². The number of hydrogen-bond donors (Lipinski definition) is 1. The maximum absolute atomic E-state index is 9.85. The summed E-state index contributed by atoms with van der Waals surface area (Å²) in [5, 5.41) is 9.85. The molecule has 1 N–H and O–H groups in total. The average Bonchev–Trinajstić information content (AvgIpc) is 2.45. The monoisotopic (exact) mass is 402 g/mol. The van der Waals surface area contributed by atoms with Crippen LogP contribution in [0.3, 0.4) is 0 Å². The zero-order valence-corrected chi connectivity index (χ0v) is 16.0. The second kappa shape index (κ2) is 9.65. The summed E-state index contributed by atoms with van der Waals surface area (Å²) in [5.74, 6) is 1.09. The van der Waals surface area contributed by atoms with Crippen LogP contribution in [0.2, 0.25) is 0 Å². The van der Waals surface area contributed by atoms with Crippen molar-refractivity contribution >= 4 is 11.9 Å². The van der Waals surface area contributed by atoms with Gasteiger partial charge in [0.05, 0.1) is 5.69 Å². The van der Waals surface area contributed by atoms with Crippen LogP contribution >= 0.6 is 0 Å². The van der Waals surface area contributed by atoms with E-state index < -0.39 is 0 Å². The second-order valence-corrected chi connectivity index (χ2v) is 5.91. The van der Waals surface area contributed by atoms with Crippen LogP contribution in [0.25, 0.3) is 0 Å². The Bertz CT molecular complexity index is 622. The molecule has 0 amide bonds. The van der Waals surface area contributed by atoms with Gasteiger partial charge in [-0.3, -0.25) is 4.99 Å². The van der Waals surface area contributed by atoms with Gasteiger partial charge in [-0.2, -0.15) is 0 Å². The summed E-state index contributed by atoms with van der Waals surface area (Å²) >= 11 is 0. The number of benzene rings is 2. The van der Waals surface area contributed by atoms with Gasteiger partial charge in [0.15, 0.2) is 0 Å². The molecule has 0 fully saturated rings. The zero-order chi connectivity index (χ0) is 15.4. The number of nitrogens with zero attached hydrogens (tertiary/aromatic N) is 1.